The summed E-state index contributed by atoms with van der Waals surface area (Å²) in [5.41, 5.74) is 2.16. The second-order valence-corrected chi connectivity index (χ2v) is 5.21. The lowest BCUT2D eigenvalue weighted by atomic mass is 10.0. The van der Waals surface area contributed by atoms with Gasteiger partial charge in [-0.3, -0.25) is 0 Å². The molecule has 0 fully saturated rings. The molecule has 2 aromatic rings. The Balaban J connectivity index is 1.73. The zero-order valence-corrected chi connectivity index (χ0v) is 12.0. The third-order valence-electron chi connectivity index (χ3n) is 3.50. The third-order valence-corrected chi connectivity index (χ3v) is 3.73. The van der Waals surface area contributed by atoms with Gasteiger partial charge in [0.25, 0.3) is 0 Å². The van der Waals surface area contributed by atoms with E-state index in [4.69, 9.17) is 21.1 Å². The minimum absolute atomic E-state index is 0.342. The largest absolute Gasteiger partial charge is 0.495 e. The van der Waals surface area contributed by atoms with Crippen LogP contribution in [0.3, 0.4) is 0 Å². The molecule has 0 bridgehead atoms. The van der Waals surface area contributed by atoms with Gasteiger partial charge in [-0.05, 0) is 24.3 Å². The van der Waals surface area contributed by atoms with E-state index in [2.05, 4.69) is 11.4 Å². The van der Waals surface area contributed by atoms with Crippen LogP contribution in [0.4, 0.5) is 5.69 Å². The number of halogens is 1. The van der Waals surface area contributed by atoms with Gasteiger partial charge in [0, 0.05) is 23.0 Å². The Bertz CT molecular complexity index is 615. The summed E-state index contributed by atoms with van der Waals surface area (Å²) in [6.07, 6.45) is 0. The third kappa shape index (κ3) is 2.54. The van der Waals surface area contributed by atoms with Crippen LogP contribution in [0.25, 0.3) is 0 Å². The Morgan fingerprint density at radius 2 is 2.15 bits per heavy atom. The van der Waals surface area contributed by atoms with Crippen LogP contribution in [0.1, 0.15) is 11.5 Å². The number of fused-ring (bicyclic) bond motifs is 1. The van der Waals surface area contributed by atoms with E-state index < -0.39 is 0 Å². The number of hydrogen-bond acceptors (Lipinski definition) is 3. The molecule has 0 aromatic heterocycles. The summed E-state index contributed by atoms with van der Waals surface area (Å²) in [6.45, 7) is 1.49. The molecule has 0 saturated carbocycles. The van der Waals surface area contributed by atoms with Crippen molar-refractivity contribution in [2.45, 2.75) is 5.92 Å². The zero-order chi connectivity index (χ0) is 13.9. The number of para-hydroxylation sites is 1. The van der Waals surface area contributed by atoms with Crippen molar-refractivity contribution in [1.82, 2.24) is 0 Å². The van der Waals surface area contributed by atoms with E-state index in [-0.39, 0.29) is 0 Å². The molecule has 1 aliphatic rings. The highest BCUT2D eigenvalue weighted by atomic mass is 35.5. The average molecular weight is 290 g/mol. The van der Waals surface area contributed by atoms with Crippen LogP contribution >= 0.6 is 11.6 Å². The standard InChI is InChI=1S/C16H16ClNO2/c1-19-16-7-6-12(17)8-14(16)18-9-11-10-20-15-5-3-2-4-13(11)15/h2-8,11,18H,9-10H2,1H3. The van der Waals surface area contributed by atoms with Crippen molar-refractivity contribution >= 4 is 17.3 Å². The Morgan fingerprint density at radius 1 is 1.30 bits per heavy atom. The summed E-state index contributed by atoms with van der Waals surface area (Å²) in [5.74, 6) is 2.12. The predicted octanol–water partition coefficient (Wildman–Crippen LogP) is 3.94. The monoisotopic (exact) mass is 289 g/mol. The van der Waals surface area contributed by atoms with Crippen LogP contribution in [0.15, 0.2) is 42.5 Å². The molecule has 1 atom stereocenters. The van der Waals surface area contributed by atoms with Gasteiger partial charge in [-0.15, -0.1) is 0 Å². The topological polar surface area (TPSA) is 30.5 Å². The molecule has 0 spiro atoms. The number of hydrogen-bond donors (Lipinski definition) is 1. The molecular weight excluding hydrogens is 274 g/mol. The molecule has 3 nitrogen and oxygen atoms in total. The summed E-state index contributed by atoms with van der Waals surface area (Å²) in [7, 11) is 1.66. The van der Waals surface area contributed by atoms with Gasteiger partial charge in [0.05, 0.1) is 19.4 Å². The number of benzene rings is 2. The van der Waals surface area contributed by atoms with E-state index in [1.807, 2.05) is 36.4 Å². The Labute approximate surface area is 123 Å². The highest BCUT2D eigenvalue weighted by molar-refractivity contribution is 6.30. The molecule has 0 saturated heterocycles. The van der Waals surface area contributed by atoms with Gasteiger partial charge in [-0.1, -0.05) is 29.8 Å². The van der Waals surface area contributed by atoms with Crippen molar-refractivity contribution in [3.63, 3.8) is 0 Å². The first-order chi connectivity index (χ1) is 9.78. The van der Waals surface area contributed by atoms with Crippen molar-refractivity contribution < 1.29 is 9.47 Å². The molecule has 104 valence electrons. The smallest absolute Gasteiger partial charge is 0.142 e. The van der Waals surface area contributed by atoms with Crippen LogP contribution < -0.4 is 14.8 Å². The van der Waals surface area contributed by atoms with Crippen molar-refractivity contribution in [2.24, 2.45) is 0 Å². The minimum atomic E-state index is 0.342. The fourth-order valence-electron chi connectivity index (χ4n) is 2.45. The van der Waals surface area contributed by atoms with E-state index in [1.165, 1.54) is 5.56 Å². The number of methoxy groups -OCH3 is 1. The highest BCUT2D eigenvalue weighted by Crippen LogP contribution is 2.34. The fraction of sp³-hybridized carbons (Fsp3) is 0.250. The molecule has 3 rings (SSSR count). The highest BCUT2D eigenvalue weighted by Gasteiger charge is 2.23. The van der Waals surface area contributed by atoms with Gasteiger partial charge < -0.3 is 14.8 Å². The van der Waals surface area contributed by atoms with Crippen LogP contribution in [-0.4, -0.2) is 20.3 Å². The van der Waals surface area contributed by atoms with E-state index in [0.29, 0.717) is 17.5 Å². The zero-order valence-electron chi connectivity index (χ0n) is 11.2. The lowest BCUT2D eigenvalue weighted by Crippen LogP contribution is -2.14. The molecule has 1 unspecified atom stereocenters. The van der Waals surface area contributed by atoms with Crippen molar-refractivity contribution in [3.05, 3.63) is 53.1 Å². The van der Waals surface area contributed by atoms with Gasteiger partial charge in [-0.25, -0.2) is 0 Å². The second-order valence-electron chi connectivity index (χ2n) is 4.77. The number of anilines is 1. The second kappa shape index (κ2) is 5.63. The summed E-state index contributed by atoms with van der Waals surface area (Å²) < 4.78 is 11.0. The molecule has 4 heteroatoms. The van der Waals surface area contributed by atoms with Gasteiger partial charge in [-0.2, -0.15) is 0 Å². The normalized spacial score (nSPS) is 16.4. The van der Waals surface area contributed by atoms with Crippen LogP contribution in [0.2, 0.25) is 5.02 Å². The quantitative estimate of drug-likeness (QED) is 0.925. The molecule has 0 aliphatic carbocycles. The first-order valence-corrected chi connectivity index (χ1v) is 6.95. The Kier molecular flexibility index (Phi) is 3.70. The van der Waals surface area contributed by atoms with E-state index in [0.717, 1.165) is 23.7 Å². The molecule has 1 aliphatic heterocycles. The maximum Gasteiger partial charge on any atom is 0.142 e. The fourth-order valence-corrected chi connectivity index (χ4v) is 2.62. The summed E-state index contributed by atoms with van der Waals surface area (Å²) >= 11 is 6.03. The average Bonchev–Trinajstić information content (AvgIpc) is 2.88. The lowest BCUT2D eigenvalue weighted by molar-refractivity contribution is 0.334. The van der Waals surface area contributed by atoms with Crippen molar-refractivity contribution in [3.8, 4) is 11.5 Å². The van der Waals surface area contributed by atoms with Crippen molar-refractivity contribution in [1.29, 1.82) is 0 Å². The molecule has 0 amide bonds. The van der Waals surface area contributed by atoms with E-state index >= 15 is 0 Å². The molecule has 1 N–H and O–H groups in total. The number of ether oxygens (including phenoxy) is 2. The van der Waals surface area contributed by atoms with Gasteiger partial charge >= 0.3 is 0 Å². The Morgan fingerprint density at radius 3 is 3.00 bits per heavy atom. The maximum atomic E-state index is 6.03. The molecule has 2 aromatic carbocycles. The minimum Gasteiger partial charge on any atom is -0.495 e. The van der Waals surface area contributed by atoms with Crippen LogP contribution in [0.5, 0.6) is 11.5 Å². The first-order valence-electron chi connectivity index (χ1n) is 6.57. The molecule has 0 radical (unpaired) electrons. The molecule has 20 heavy (non-hydrogen) atoms. The van der Waals surface area contributed by atoms with E-state index in [1.54, 1.807) is 7.11 Å². The van der Waals surface area contributed by atoms with Gasteiger partial charge in [0.15, 0.2) is 0 Å². The van der Waals surface area contributed by atoms with E-state index in [9.17, 15) is 0 Å². The predicted molar refractivity (Wildman–Crippen MR) is 81.2 cm³/mol. The maximum absolute atomic E-state index is 6.03. The van der Waals surface area contributed by atoms with Gasteiger partial charge in [0.1, 0.15) is 11.5 Å². The number of rotatable bonds is 4. The van der Waals surface area contributed by atoms with Crippen molar-refractivity contribution in [2.75, 3.05) is 25.6 Å². The SMILES string of the molecule is COc1ccc(Cl)cc1NCC1COc2ccccc21. The summed E-state index contributed by atoms with van der Waals surface area (Å²) in [4.78, 5) is 0. The molecular formula is C16H16ClNO2. The first kappa shape index (κ1) is 13.1. The molecule has 1 heterocycles. The summed E-state index contributed by atoms with van der Waals surface area (Å²) in [6, 6.07) is 13.7. The number of nitrogens with one attached hydrogen (secondary N) is 1. The lowest BCUT2D eigenvalue weighted by Gasteiger charge is -2.14. The Hall–Kier alpha value is -1.87. The summed E-state index contributed by atoms with van der Waals surface area (Å²) in [5, 5.41) is 4.09. The van der Waals surface area contributed by atoms with Crippen LogP contribution in [0, 0.1) is 0 Å². The van der Waals surface area contributed by atoms with Gasteiger partial charge in [0.2, 0.25) is 0 Å². The van der Waals surface area contributed by atoms with Crippen LogP contribution in [-0.2, 0) is 0 Å².